The van der Waals surface area contributed by atoms with E-state index >= 15 is 0 Å². The van der Waals surface area contributed by atoms with Gasteiger partial charge in [-0.25, -0.2) is 0 Å². The lowest BCUT2D eigenvalue weighted by Gasteiger charge is -2.35. The van der Waals surface area contributed by atoms with Crippen LogP contribution < -0.4 is 4.90 Å². The van der Waals surface area contributed by atoms with E-state index in [9.17, 15) is 39.5 Å². The summed E-state index contributed by atoms with van der Waals surface area (Å²) in [6, 6.07) is 7.28. The van der Waals surface area contributed by atoms with Crippen molar-refractivity contribution in [3.63, 3.8) is 0 Å². The van der Waals surface area contributed by atoms with Crippen molar-refractivity contribution in [2.24, 2.45) is 7.05 Å². The van der Waals surface area contributed by atoms with Gasteiger partial charge < -0.3 is 4.90 Å². The number of pyridine rings is 1. The molecule has 0 saturated heterocycles. The molecule has 2 atom stereocenters. The van der Waals surface area contributed by atoms with Crippen LogP contribution in [0.15, 0.2) is 60.9 Å². The van der Waals surface area contributed by atoms with Crippen molar-refractivity contribution >= 4 is 5.95 Å². The zero-order valence-electron chi connectivity index (χ0n) is 25.1. The van der Waals surface area contributed by atoms with Gasteiger partial charge in [0.25, 0.3) is 5.95 Å². The van der Waals surface area contributed by atoms with Crippen molar-refractivity contribution in [1.82, 2.24) is 30.1 Å². The lowest BCUT2D eigenvalue weighted by Crippen LogP contribution is -2.30. The molecule has 0 spiro atoms. The molecule has 7 nitrogen and oxygen atoms in total. The van der Waals surface area contributed by atoms with Gasteiger partial charge in [0.2, 0.25) is 0 Å². The minimum Gasteiger partial charge on any atom is -0.330 e. The third-order valence-corrected chi connectivity index (χ3v) is 7.65. The van der Waals surface area contributed by atoms with Crippen LogP contribution in [-0.4, -0.2) is 37.1 Å². The SMILES string of the molecule is CCC(c1ccc(C(F)(F)F)cc1CN(Cc1cc(C(F)(F)F)cc(C(F)(F)F)c1)c1nnn(C)n1)N(C)C(C)c1cccnc1. The average molecular weight is 660 g/mol. The third-order valence-electron chi connectivity index (χ3n) is 7.65. The Morgan fingerprint density at radius 3 is 1.96 bits per heavy atom. The Labute approximate surface area is 258 Å². The Kier molecular flexibility index (Phi) is 9.99. The lowest BCUT2D eigenvalue weighted by molar-refractivity contribution is -0.143. The van der Waals surface area contributed by atoms with Crippen molar-refractivity contribution in [3.05, 3.63) is 99.9 Å². The van der Waals surface area contributed by atoms with Crippen LogP contribution in [-0.2, 0) is 38.7 Å². The van der Waals surface area contributed by atoms with E-state index in [-0.39, 0.29) is 23.6 Å². The first-order valence-corrected chi connectivity index (χ1v) is 14.0. The molecular formula is C30H30F9N7. The van der Waals surface area contributed by atoms with E-state index in [1.165, 1.54) is 18.0 Å². The number of tetrazole rings is 1. The predicted molar refractivity (Wildman–Crippen MR) is 150 cm³/mol. The van der Waals surface area contributed by atoms with E-state index in [4.69, 9.17) is 0 Å². The molecule has 248 valence electrons. The maximum absolute atomic E-state index is 13.9. The van der Waals surface area contributed by atoms with Crippen molar-refractivity contribution in [2.45, 2.75) is 64.0 Å². The van der Waals surface area contributed by atoms with Crippen molar-refractivity contribution in [1.29, 1.82) is 0 Å². The second-order valence-electron chi connectivity index (χ2n) is 10.8. The summed E-state index contributed by atoms with van der Waals surface area (Å²) in [5.74, 6) is -0.207. The molecule has 4 rings (SSSR count). The number of nitrogens with zero attached hydrogens (tertiary/aromatic N) is 7. The zero-order chi connectivity index (χ0) is 34.0. The van der Waals surface area contributed by atoms with Crippen LogP contribution >= 0.6 is 0 Å². The highest BCUT2D eigenvalue weighted by Crippen LogP contribution is 2.39. The number of alkyl halides is 9. The number of hydrogen-bond donors (Lipinski definition) is 0. The molecule has 0 aliphatic carbocycles. The summed E-state index contributed by atoms with van der Waals surface area (Å²) in [5.41, 5.74) is -2.98. The van der Waals surface area contributed by atoms with Gasteiger partial charge in [-0.05, 0) is 84.3 Å². The van der Waals surface area contributed by atoms with Crippen LogP contribution in [0.1, 0.15) is 71.3 Å². The maximum Gasteiger partial charge on any atom is 0.416 e. The van der Waals surface area contributed by atoms with Crippen LogP contribution in [0.25, 0.3) is 0 Å². The summed E-state index contributed by atoms with van der Waals surface area (Å²) in [4.78, 5) is 8.30. The second kappa shape index (κ2) is 13.3. The standard InChI is InChI=1S/C30H30F9N7/c1-5-26(44(3)18(2)20-7-6-10-40-15-20)25-9-8-22(28(31,32)33)13-21(25)17-46(27-41-43-45(4)42-27)16-19-11-23(29(34,35)36)14-24(12-19)30(37,38)39/h6-15,18,26H,5,16-17H2,1-4H3. The Morgan fingerprint density at radius 1 is 0.826 bits per heavy atom. The average Bonchev–Trinajstić information content (AvgIpc) is 3.42. The van der Waals surface area contributed by atoms with E-state index in [1.807, 2.05) is 24.8 Å². The first-order chi connectivity index (χ1) is 21.4. The number of aromatic nitrogens is 5. The molecule has 46 heavy (non-hydrogen) atoms. The molecule has 2 aromatic carbocycles. The van der Waals surface area contributed by atoms with Crippen LogP contribution in [0.2, 0.25) is 0 Å². The molecule has 16 heteroatoms. The van der Waals surface area contributed by atoms with Gasteiger partial charge in [0.05, 0.1) is 23.7 Å². The molecule has 0 aliphatic rings. The molecule has 2 heterocycles. The van der Waals surface area contributed by atoms with E-state index in [0.717, 1.165) is 22.5 Å². The smallest absolute Gasteiger partial charge is 0.330 e. The van der Waals surface area contributed by atoms with Gasteiger partial charge in [0.15, 0.2) is 0 Å². The molecule has 0 fully saturated rings. The Hall–Kier alpha value is -4.21. The van der Waals surface area contributed by atoms with Gasteiger partial charge in [-0.2, -0.15) is 44.3 Å². The van der Waals surface area contributed by atoms with Gasteiger partial charge in [-0.1, -0.05) is 24.2 Å². The van der Waals surface area contributed by atoms with Gasteiger partial charge in [0, 0.05) is 37.6 Å². The molecule has 0 radical (unpaired) electrons. The van der Waals surface area contributed by atoms with E-state index in [0.29, 0.717) is 24.1 Å². The third kappa shape index (κ3) is 8.13. The fourth-order valence-electron chi connectivity index (χ4n) is 5.23. The van der Waals surface area contributed by atoms with Crippen molar-refractivity contribution < 1.29 is 39.5 Å². The first kappa shape index (κ1) is 34.7. The fraction of sp³-hybridized carbons (Fsp3) is 0.400. The summed E-state index contributed by atoms with van der Waals surface area (Å²) in [5, 5.41) is 11.6. The molecule has 0 saturated carbocycles. The van der Waals surface area contributed by atoms with Crippen LogP contribution in [0.5, 0.6) is 0 Å². The van der Waals surface area contributed by atoms with Crippen LogP contribution in [0.3, 0.4) is 0 Å². The molecule has 2 unspecified atom stereocenters. The minimum atomic E-state index is -5.09. The van der Waals surface area contributed by atoms with Crippen molar-refractivity contribution in [2.75, 3.05) is 11.9 Å². The van der Waals surface area contributed by atoms with Crippen LogP contribution in [0, 0.1) is 0 Å². The summed E-state index contributed by atoms with van der Waals surface area (Å²) in [6.07, 6.45) is -11.2. The van der Waals surface area contributed by atoms with Gasteiger partial charge in [-0.15, -0.1) is 5.10 Å². The highest BCUT2D eigenvalue weighted by Gasteiger charge is 2.37. The molecule has 4 aromatic rings. The number of hydrogen-bond acceptors (Lipinski definition) is 6. The monoisotopic (exact) mass is 659 g/mol. The zero-order valence-corrected chi connectivity index (χ0v) is 25.1. The molecular weight excluding hydrogens is 629 g/mol. The summed E-state index contributed by atoms with van der Waals surface area (Å²) < 4.78 is 123. The number of anilines is 1. The van der Waals surface area contributed by atoms with Gasteiger partial charge >= 0.3 is 18.5 Å². The van der Waals surface area contributed by atoms with Gasteiger partial charge in [-0.3, -0.25) is 9.88 Å². The molecule has 2 aromatic heterocycles. The van der Waals surface area contributed by atoms with Gasteiger partial charge in [0.1, 0.15) is 0 Å². The number of halogens is 9. The summed E-state index contributed by atoms with van der Waals surface area (Å²) >= 11 is 0. The number of benzene rings is 2. The molecule has 0 N–H and O–H groups in total. The Morgan fingerprint density at radius 2 is 1.46 bits per heavy atom. The highest BCUT2D eigenvalue weighted by atomic mass is 19.4. The molecule has 0 amide bonds. The maximum atomic E-state index is 13.9. The Balaban J connectivity index is 1.83. The van der Waals surface area contributed by atoms with E-state index in [2.05, 4.69) is 20.4 Å². The topological polar surface area (TPSA) is 63.0 Å². The summed E-state index contributed by atoms with van der Waals surface area (Å²) in [6.45, 7) is 2.76. The normalized spacial score (nSPS) is 14.0. The predicted octanol–water partition coefficient (Wildman–Crippen LogP) is 8.01. The largest absolute Gasteiger partial charge is 0.416 e. The van der Waals surface area contributed by atoms with Crippen LogP contribution in [0.4, 0.5) is 45.5 Å². The quantitative estimate of drug-likeness (QED) is 0.161. The first-order valence-electron chi connectivity index (χ1n) is 14.0. The molecule has 0 aliphatic heterocycles. The van der Waals surface area contributed by atoms with Crippen molar-refractivity contribution in [3.8, 4) is 0 Å². The second-order valence-corrected chi connectivity index (χ2v) is 10.8. The number of aryl methyl sites for hydroxylation is 1. The molecule has 0 bridgehead atoms. The minimum absolute atomic E-state index is 0.00439. The summed E-state index contributed by atoms with van der Waals surface area (Å²) in [7, 11) is 3.19. The lowest BCUT2D eigenvalue weighted by atomic mass is 9.93. The highest BCUT2D eigenvalue weighted by molar-refractivity contribution is 5.42. The van der Waals surface area contributed by atoms with E-state index < -0.39 is 59.9 Å². The fourth-order valence-corrected chi connectivity index (χ4v) is 5.23. The van der Waals surface area contributed by atoms with E-state index in [1.54, 1.807) is 25.5 Å². The Bertz CT molecular complexity index is 1580. The number of rotatable bonds is 10.